The van der Waals surface area contributed by atoms with Gasteiger partial charge in [-0.05, 0) is 23.8 Å². The summed E-state index contributed by atoms with van der Waals surface area (Å²) in [4.78, 5) is 24.3. The van der Waals surface area contributed by atoms with Gasteiger partial charge in [0.25, 0.3) is 0 Å². The number of carbonyl (C=O) groups excluding carboxylic acids is 1. The van der Waals surface area contributed by atoms with Crippen LogP contribution in [-0.4, -0.2) is 50.0 Å². The first-order chi connectivity index (χ1) is 11.1. The lowest BCUT2D eigenvalue weighted by atomic mass is 10.1. The first kappa shape index (κ1) is 17.4. The van der Waals surface area contributed by atoms with Gasteiger partial charge in [-0.25, -0.2) is 4.79 Å². The van der Waals surface area contributed by atoms with Gasteiger partial charge < -0.3 is 25.4 Å². The Kier molecular flexibility index (Phi) is 6.49. The highest BCUT2D eigenvalue weighted by molar-refractivity contribution is 6.30. The van der Waals surface area contributed by atoms with Crippen LogP contribution in [0, 0.1) is 0 Å². The summed E-state index contributed by atoms with van der Waals surface area (Å²) in [7, 11) is 0. The normalized spacial score (nSPS) is 14.4. The van der Waals surface area contributed by atoms with Crippen LogP contribution in [0.3, 0.4) is 0 Å². The lowest BCUT2D eigenvalue weighted by Gasteiger charge is -2.30. The number of carbonyl (C=O) groups is 2. The lowest BCUT2D eigenvalue weighted by molar-refractivity contribution is -0.136. The van der Waals surface area contributed by atoms with Crippen molar-refractivity contribution in [1.82, 2.24) is 10.6 Å². The zero-order valence-corrected chi connectivity index (χ0v) is 13.4. The van der Waals surface area contributed by atoms with Gasteiger partial charge in [0, 0.05) is 36.9 Å². The highest BCUT2D eigenvalue weighted by Gasteiger charge is 2.15. The molecule has 0 aliphatic carbocycles. The largest absolute Gasteiger partial charge is 0.481 e. The van der Waals surface area contributed by atoms with E-state index in [4.69, 9.17) is 21.4 Å². The molecule has 0 aromatic heterocycles. The molecule has 1 aliphatic rings. The molecular weight excluding hydrogens is 322 g/mol. The molecule has 0 unspecified atom stereocenters. The maximum absolute atomic E-state index is 11.7. The average Bonchev–Trinajstić information content (AvgIpc) is 2.53. The number of ether oxygens (including phenoxy) is 1. The van der Waals surface area contributed by atoms with Gasteiger partial charge in [0.2, 0.25) is 0 Å². The number of morpholine rings is 1. The number of halogens is 1. The smallest absolute Gasteiger partial charge is 0.315 e. The maximum atomic E-state index is 11.7. The summed E-state index contributed by atoms with van der Waals surface area (Å²) < 4.78 is 5.35. The Bertz CT molecular complexity index is 562. The van der Waals surface area contributed by atoms with E-state index in [1.54, 1.807) is 0 Å². The van der Waals surface area contributed by atoms with Crippen LogP contribution in [-0.2, 0) is 16.1 Å². The van der Waals surface area contributed by atoms with Gasteiger partial charge in [0.15, 0.2) is 0 Å². The van der Waals surface area contributed by atoms with Crippen molar-refractivity contribution in [2.24, 2.45) is 0 Å². The fourth-order valence-corrected chi connectivity index (χ4v) is 2.52. The summed E-state index contributed by atoms with van der Waals surface area (Å²) in [6, 6.07) is 5.18. The van der Waals surface area contributed by atoms with E-state index in [2.05, 4.69) is 15.5 Å². The number of anilines is 1. The Morgan fingerprint density at radius 1 is 1.26 bits per heavy atom. The minimum atomic E-state index is -0.949. The molecule has 2 amide bonds. The van der Waals surface area contributed by atoms with Gasteiger partial charge in [0.05, 0.1) is 19.6 Å². The summed E-state index contributed by atoms with van der Waals surface area (Å²) in [5.41, 5.74) is 1.93. The molecule has 0 saturated carbocycles. The number of amides is 2. The molecule has 2 rings (SSSR count). The molecule has 126 valence electrons. The van der Waals surface area contributed by atoms with Gasteiger partial charge in [-0.2, -0.15) is 0 Å². The summed E-state index contributed by atoms with van der Waals surface area (Å²) >= 11 is 6.05. The third-order valence-corrected chi connectivity index (χ3v) is 3.69. The van der Waals surface area contributed by atoms with Gasteiger partial charge >= 0.3 is 12.0 Å². The number of carboxylic acids is 1. The van der Waals surface area contributed by atoms with E-state index >= 15 is 0 Å². The summed E-state index contributed by atoms with van der Waals surface area (Å²) in [5.74, 6) is -0.949. The molecule has 0 spiro atoms. The van der Waals surface area contributed by atoms with Crippen LogP contribution < -0.4 is 15.5 Å². The molecule has 1 aliphatic heterocycles. The number of hydrogen-bond donors (Lipinski definition) is 3. The van der Waals surface area contributed by atoms with Crippen LogP contribution in [0.15, 0.2) is 18.2 Å². The third kappa shape index (κ3) is 5.61. The van der Waals surface area contributed by atoms with Crippen molar-refractivity contribution in [3.63, 3.8) is 0 Å². The van der Waals surface area contributed by atoms with E-state index in [1.165, 1.54) is 0 Å². The van der Waals surface area contributed by atoms with Crippen LogP contribution >= 0.6 is 11.6 Å². The van der Waals surface area contributed by atoms with Crippen LogP contribution in [0.4, 0.5) is 10.5 Å². The predicted octanol–water partition coefficient (Wildman–Crippen LogP) is 1.45. The second kappa shape index (κ2) is 8.59. The van der Waals surface area contributed by atoms with Crippen LogP contribution in [0.1, 0.15) is 12.0 Å². The van der Waals surface area contributed by atoms with Crippen molar-refractivity contribution in [1.29, 1.82) is 0 Å². The first-order valence-electron chi connectivity index (χ1n) is 7.41. The van der Waals surface area contributed by atoms with Gasteiger partial charge in [-0.15, -0.1) is 0 Å². The summed E-state index contributed by atoms with van der Waals surface area (Å²) in [5, 5.41) is 14.4. The number of aliphatic carboxylic acids is 1. The van der Waals surface area contributed by atoms with Crippen molar-refractivity contribution in [3.8, 4) is 0 Å². The molecule has 7 nitrogen and oxygen atoms in total. The molecule has 8 heteroatoms. The molecule has 1 saturated heterocycles. The van der Waals surface area contributed by atoms with Gasteiger partial charge in [-0.1, -0.05) is 11.6 Å². The summed E-state index contributed by atoms with van der Waals surface area (Å²) in [6.45, 7) is 3.33. The van der Waals surface area contributed by atoms with E-state index in [0.717, 1.165) is 24.3 Å². The molecule has 1 aromatic carbocycles. The van der Waals surface area contributed by atoms with Crippen molar-refractivity contribution in [3.05, 3.63) is 28.8 Å². The molecule has 3 N–H and O–H groups in total. The molecule has 0 radical (unpaired) electrons. The van der Waals surface area contributed by atoms with Gasteiger partial charge in [-0.3, -0.25) is 4.79 Å². The highest BCUT2D eigenvalue weighted by atomic mass is 35.5. The number of carboxylic acid groups (broad SMARTS) is 1. The monoisotopic (exact) mass is 341 g/mol. The molecule has 1 heterocycles. The Hall–Kier alpha value is -1.99. The zero-order valence-electron chi connectivity index (χ0n) is 12.7. The maximum Gasteiger partial charge on any atom is 0.315 e. The quantitative estimate of drug-likeness (QED) is 0.728. The number of benzene rings is 1. The predicted molar refractivity (Wildman–Crippen MR) is 87.0 cm³/mol. The standard InChI is InChI=1S/C15H20ClN3O4/c16-12-1-2-13(19-5-7-23-8-6-19)11(9-12)10-18-15(22)17-4-3-14(20)21/h1-2,9H,3-8,10H2,(H,20,21)(H2,17,18,22). The second-order valence-electron chi connectivity index (χ2n) is 5.13. The first-order valence-corrected chi connectivity index (χ1v) is 7.78. The van der Waals surface area contributed by atoms with Crippen LogP contribution in [0.25, 0.3) is 0 Å². The third-order valence-electron chi connectivity index (χ3n) is 3.46. The minimum absolute atomic E-state index is 0.0903. The van der Waals surface area contributed by atoms with Crippen molar-refractivity contribution in [2.75, 3.05) is 37.7 Å². The van der Waals surface area contributed by atoms with Crippen molar-refractivity contribution < 1.29 is 19.4 Å². The average molecular weight is 342 g/mol. The molecule has 1 fully saturated rings. The van der Waals surface area contributed by atoms with E-state index in [0.29, 0.717) is 24.8 Å². The number of nitrogens with one attached hydrogen (secondary N) is 2. The second-order valence-corrected chi connectivity index (χ2v) is 5.56. The summed E-state index contributed by atoms with van der Waals surface area (Å²) in [6.07, 6.45) is -0.108. The van der Waals surface area contributed by atoms with Crippen molar-refractivity contribution in [2.45, 2.75) is 13.0 Å². The highest BCUT2D eigenvalue weighted by Crippen LogP contribution is 2.25. The number of urea groups is 1. The van der Waals surface area contributed by atoms with E-state index in [-0.39, 0.29) is 13.0 Å². The topological polar surface area (TPSA) is 90.9 Å². The Labute approximate surface area is 139 Å². The Morgan fingerprint density at radius 3 is 2.70 bits per heavy atom. The SMILES string of the molecule is O=C(O)CCNC(=O)NCc1cc(Cl)ccc1N1CCOCC1. The van der Waals surface area contributed by atoms with E-state index < -0.39 is 12.0 Å². The fourth-order valence-electron chi connectivity index (χ4n) is 2.33. The van der Waals surface area contributed by atoms with Gasteiger partial charge in [0.1, 0.15) is 0 Å². The molecule has 23 heavy (non-hydrogen) atoms. The number of hydrogen-bond acceptors (Lipinski definition) is 4. The molecule has 0 atom stereocenters. The van der Waals surface area contributed by atoms with E-state index in [9.17, 15) is 9.59 Å². The van der Waals surface area contributed by atoms with E-state index in [1.807, 2.05) is 18.2 Å². The number of nitrogens with zero attached hydrogens (tertiary/aromatic N) is 1. The molecular formula is C15H20ClN3O4. The van der Waals surface area contributed by atoms with Crippen LogP contribution in [0.2, 0.25) is 5.02 Å². The van der Waals surface area contributed by atoms with Crippen LogP contribution in [0.5, 0.6) is 0 Å². The fraction of sp³-hybridized carbons (Fsp3) is 0.467. The Morgan fingerprint density at radius 2 is 2.00 bits per heavy atom. The Balaban J connectivity index is 1.94. The van der Waals surface area contributed by atoms with Crippen molar-refractivity contribution >= 4 is 29.3 Å². The molecule has 0 bridgehead atoms. The molecule has 1 aromatic rings. The lowest BCUT2D eigenvalue weighted by Crippen LogP contribution is -2.38. The number of rotatable bonds is 6. The minimum Gasteiger partial charge on any atom is -0.481 e. The zero-order chi connectivity index (χ0) is 16.7.